The van der Waals surface area contributed by atoms with Crippen molar-refractivity contribution in [2.24, 2.45) is 0 Å². The summed E-state index contributed by atoms with van der Waals surface area (Å²) in [5.41, 5.74) is 2.16. The Morgan fingerprint density at radius 3 is 2.00 bits per heavy atom. The lowest BCUT2D eigenvalue weighted by Gasteiger charge is -2.20. The first kappa shape index (κ1) is 32.3. The van der Waals surface area contributed by atoms with E-state index in [-0.39, 0.29) is 13.0 Å². The zero-order valence-corrected chi connectivity index (χ0v) is 25.8. The van der Waals surface area contributed by atoms with Gasteiger partial charge in [-0.15, -0.1) is 0 Å². The molecule has 45 heavy (non-hydrogen) atoms. The van der Waals surface area contributed by atoms with E-state index in [1.807, 2.05) is 0 Å². The first-order valence-electron chi connectivity index (χ1n) is 13.8. The number of carboxylic acid groups (broad SMARTS) is 1. The van der Waals surface area contributed by atoms with Crippen LogP contribution in [0.5, 0.6) is 5.75 Å². The topological polar surface area (TPSA) is 123 Å². The average Bonchev–Trinajstić information content (AvgIpc) is 3.49. The molecule has 1 aliphatic heterocycles. The van der Waals surface area contributed by atoms with E-state index in [0.717, 1.165) is 0 Å². The minimum absolute atomic E-state index is 0.0517. The molecule has 0 radical (unpaired) electrons. The Balaban J connectivity index is 1.27. The maximum absolute atomic E-state index is 13.5. The Kier molecular flexibility index (Phi) is 10.6. The normalized spacial score (nSPS) is 18.2. The Labute approximate surface area is 274 Å². The minimum atomic E-state index is -1.45. The molecule has 232 valence electrons. The van der Waals surface area contributed by atoms with Gasteiger partial charge in [0.05, 0.1) is 10.7 Å². The van der Waals surface area contributed by atoms with Crippen molar-refractivity contribution in [3.63, 3.8) is 0 Å². The summed E-state index contributed by atoms with van der Waals surface area (Å²) in [6, 6.07) is 25.9. The van der Waals surface area contributed by atoms with Crippen molar-refractivity contribution in [2.45, 2.75) is 37.6 Å². The number of halogens is 3. The van der Waals surface area contributed by atoms with Crippen molar-refractivity contribution < 1.29 is 33.7 Å². The number of ether oxygens (including phenoxy) is 3. The number of rotatable bonds is 11. The highest BCUT2D eigenvalue weighted by Gasteiger charge is 2.46. The largest absolute Gasteiger partial charge is 0.489 e. The van der Waals surface area contributed by atoms with Crippen molar-refractivity contribution in [3.05, 3.63) is 129 Å². The smallest absolute Gasteiger partial charge is 0.326 e. The van der Waals surface area contributed by atoms with Crippen LogP contribution < -0.4 is 15.4 Å². The van der Waals surface area contributed by atoms with E-state index >= 15 is 0 Å². The molecule has 1 heterocycles. The second kappa shape index (κ2) is 14.8. The molecule has 5 rings (SSSR count). The fraction of sp³-hybridized carbons (Fsp3) is 0.182. The number of carbonyl (C=O) groups is 3. The van der Waals surface area contributed by atoms with Gasteiger partial charge in [-0.2, -0.15) is 0 Å². The first-order valence-corrected chi connectivity index (χ1v) is 14.9. The molecule has 1 saturated heterocycles. The molecule has 9 nitrogen and oxygen atoms in total. The monoisotopic (exact) mass is 668 g/mol. The Morgan fingerprint density at radius 1 is 0.756 bits per heavy atom. The number of benzene rings is 4. The van der Waals surface area contributed by atoms with Gasteiger partial charge in [-0.3, -0.25) is 9.59 Å². The molecule has 0 spiro atoms. The molecule has 1 aliphatic rings. The summed E-state index contributed by atoms with van der Waals surface area (Å²) in [5, 5.41) is 16.4. The summed E-state index contributed by atoms with van der Waals surface area (Å²) in [4.78, 5) is 38.9. The van der Waals surface area contributed by atoms with Crippen LogP contribution in [0, 0.1) is 0 Å². The zero-order valence-electron chi connectivity index (χ0n) is 23.5. The maximum atomic E-state index is 13.5. The van der Waals surface area contributed by atoms with Crippen molar-refractivity contribution in [3.8, 4) is 5.75 Å². The van der Waals surface area contributed by atoms with Crippen LogP contribution in [0.4, 0.5) is 5.69 Å². The molecule has 12 heteroatoms. The van der Waals surface area contributed by atoms with Crippen LogP contribution in [0.15, 0.2) is 97.1 Å². The lowest BCUT2D eigenvalue weighted by atomic mass is 10.0. The SMILES string of the molecule is O=C(O)[C@H](Cc1ccc(OCc2c(Cl)cccc2Cl)cc1)NC(=O)[C@@H]1OC(c2ccccc2)O[C@H]1C(=O)Nc1ccccc1Cl. The average molecular weight is 670 g/mol. The number of anilines is 1. The van der Waals surface area contributed by atoms with E-state index in [2.05, 4.69) is 10.6 Å². The van der Waals surface area contributed by atoms with Gasteiger partial charge in [0.15, 0.2) is 18.5 Å². The third kappa shape index (κ3) is 8.13. The van der Waals surface area contributed by atoms with Crippen LogP contribution >= 0.6 is 34.8 Å². The van der Waals surface area contributed by atoms with Crippen molar-refractivity contribution in [1.29, 1.82) is 0 Å². The summed E-state index contributed by atoms with van der Waals surface area (Å²) < 4.78 is 17.6. The van der Waals surface area contributed by atoms with Gasteiger partial charge in [0.2, 0.25) is 0 Å². The molecule has 4 aromatic rings. The first-order chi connectivity index (χ1) is 21.7. The van der Waals surface area contributed by atoms with Gasteiger partial charge in [-0.05, 0) is 42.0 Å². The standard InChI is InChI=1S/C33H27Cl3N2O7/c34-23-10-6-11-24(35)22(23)18-43-21-15-13-19(14-16-21)17-27(32(41)42)38-31(40)29-28(30(39)37-26-12-5-4-9-25(26)36)44-33(45-29)20-7-2-1-3-8-20/h1-16,27-29,33H,17-18H2,(H,37,39)(H,38,40)(H,41,42)/t27-,28+,29+,33?/m0/s1. The fourth-order valence-electron chi connectivity index (χ4n) is 4.61. The number of hydrogen-bond donors (Lipinski definition) is 3. The number of aliphatic carboxylic acids is 1. The quantitative estimate of drug-likeness (QED) is 0.168. The van der Waals surface area contributed by atoms with E-state index < -0.39 is 42.3 Å². The van der Waals surface area contributed by atoms with Gasteiger partial charge in [-0.1, -0.05) is 95.5 Å². The molecular weight excluding hydrogens is 643 g/mol. The van der Waals surface area contributed by atoms with Crippen LogP contribution in [0.2, 0.25) is 15.1 Å². The molecule has 4 atom stereocenters. The predicted molar refractivity (Wildman–Crippen MR) is 170 cm³/mol. The summed E-state index contributed by atoms with van der Waals surface area (Å²) in [6.07, 6.45) is -3.94. The highest BCUT2D eigenvalue weighted by atomic mass is 35.5. The molecule has 0 saturated carbocycles. The lowest BCUT2D eigenvalue weighted by molar-refractivity contribution is -0.144. The Hall–Kier alpha value is -4.12. The minimum Gasteiger partial charge on any atom is -0.489 e. The third-order valence-corrected chi connectivity index (χ3v) is 8.00. The predicted octanol–water partition coefficient (Wildman–Crippen LogP) is 6.46. The third-order valence-electron chi connectivity index (χ3n) is 6.96. The molecule has 4 aromatic carbocycles. The van der Waals surface area contributed by atoms with E-state index in [1.54, 1.807) is 97.1 Å². The number of carbonyl (C=O) groups excluding carboxylic acids is 2. The number of para-hydroxylation sites is 1. The Bertz CT molecular complexity index is 1650. The van der Waals surface area contributed by atoms with Gasteiger partial charge in [0.1, 0.15) is 18.4 Å². The molecule has 1 unspecified atom stereocenters. The second-order valence-corrected chi connectivity index (χ2v) is 11.3. The van der Waals surface area contributed by atoms with Crippen LogP contribution in [0.25, 0.3) is 0 Å². The highest BCUT2D eigenvalue weighted by molar-refractivity contribution is 6.36. The maximum Gasteiger partial charge on any atom is 0.326 e. The number of carboxylic acids is 1. The van der Waals surface area contributed by atoms with Gasteiger partial charge in [0.25, 0.3) is 11.8 Å². The van der Waals surface area contributed by atoms with Gasteiger partial charge >= 0.3 is 5.97 Å². The second-order valence-electron chi connectivity index (χ2n) is 10.1. The Morgan fingerprint density at radius 2 is 1.36 bits per heavy atom. The van der Waals surface area contributed by atoms with Crippen molar-refractivity contribution in [2.75, 3.05) is 5.32 Å². The molecular formula is C33H27Cl3N2O7. The van der Waals surface area contributed by atoms with Gasteiger partial charge in [-0.25, -0.2) is 4.79 Å². The summed E-state index contributed by atoms with van der Waals surface area (Å²) in [7, 11) is 0. The molecule has 3 N–H and O–H groups in total. The highest BCUT2D eigenvalue weighted by Crippen LogP contribution is 2.33. The number of nitrogens with one attached hydrogen (secondary N) is 2. The molecule has 2 amide bonds. The van der Waals surface area contributed by atoms with Crippen molar-refractivity contribution >= 4 is 58.3 Å². The summed E-state index contributed by atoms with van der Waals surface area (Å²) in [6.45, 7) is 0.143. The molecule has 0 bridgehead atoms. The molecule has 1 fully saturated rings. The van der Waals surface area contributed by atoms with Crippen molar-refractivity contribution in [1.82, 2.24) is 5.32 Å². The van der Waals surface area contributed by atoms with E-state index in [0.29, 0.717) is 43.2 Å². The molecule has 0 aromatic heterocycles. The fourth-order valence-corrected chi connectivity index (χ4v) is 5.30. The van der Waals surface area contributed by atoms with Crippen LogP contribution in [-0.2, 0) is 36.9 Å². The van der Waals surface area contributed by atoms with E-state index in [1.165, 1.54) is 0 Å². The summed E-state index contributed by atoms with van der Waals surface area (Å²) >= 11 is 18.6. The van der Waals surface area contributed by atoms with Crippen LogP contribution in [0.1, 0.15) is 23.0 Å². The zero-order chi connectivity index (χ0) is 31.9. The van der Waals surface area contributed by atoms with Crippen LogP contribution in [-0.4, -0.2) is 41.1 Å². The van der Waals surface area contributed by atoms with Gasteiger partial charge in [0, 0.05) is 27.6 Å². The van der Waals surface area contributed by atoms with E-state index in [4.69, 9.17) is 49.0 Å². The number of hydrogen-bond acceptors (Lipinski definition) is 6. The number of amides is 2. The van der Waals surface area contributed by atoms with E-state index in [9.17, 15) is 19.5 Å². The summed E-state index contributed by atoms with van der Waals surface area (Å²) in [5.74, 6) is -2.26. The van der Waals surface area contributed by atoms with Crippen LogP contribution in [0.3, 0.4) is 0 Å². The molecule has 0 aliphatic carbocycles. The van der Waals surface area contributed by atoms with Gasteiger partial charge < -0.3 is 30.0 Å². The lowest BCUT2D eigenvalue weighted by Crippen LogP contribution is -2.51.